The van der Waals surface area contributed by atoms with E-state index in [-0.39, 0.29) is 40.5 Å². The van der Waals surface area contributed by atoms with Crippen LogP contribution >= 0.6 is 34.8 Å². The lowest BCUT2D eigenvalue weighted by Gasteiger charge is -2.27. The van der Waals surface area contributed by atoms with E-state index in [1.54, 1.807) is 36.5 Å². The summed E-state index contributed by atoms with van der Waals surface area (Å²) in [5.41, 5.74) is 13.8. The number of halogens is 3. The summed E-state index contributed by atoms with van der Waals surface area (Å²) < 4.78 is 11.5. The Labute approximate surface area is 221 Å². The summed E-state index contributed by atoms with van der Waals surface area (Å²) in [6.45, 7) is 0.133. The van der Waals surface area contributed by atoms with Crippen molar-refractivity contribution < 1.29 is 9.47 Å². The van der Waals surface area contributed by atoms with Crippen molar-refractivity contribution in [3.63, 3.8) is 0 Å². The zero-order chi connectivity index (χ0) is 26.0. The number of aliphatic imine (C=N–C) groups is 1. The minimum Gasteiger partial charge on any atom is -0.493 e. The van der Waals surface area contributed by atoms with Crippen LogP contribution in [0.25, 0.3) is 0 Å². The van der Waals surface area contributed by atoms with Crippen molar-refractivity contribution in [2.45, 2.75) is 12.6 Å². The van der Waals surface area contributed by atoms with E-state index in [0.29, 0.717) is 38.2 Å². The molecule has 1 atom stereocenters. The first-order chi connectivity index (χ1) is 17.3. The molecule has 0 spiro atoms. The molecular weight excluding hydrogens is 527 g/mol. The molecule has 10 nitrogen and oxygen atoms in total. The first-order valence-electron chi connectivity index (χ1n) is 10.2. The molecule has 6 N–H and O–H groups in total. The SMILES string of the molecule is COc1cc(C2N=C(NC#N)Nc3nc(N)c(C#N)c(N)c32)c(Cl)cc1OCc1ccc(Cl)cc1Cl. The predicted molar refractivity (Wildman–Crippen MR) is 138 cm³/mol. The van der Waals surface area contributed by atoms with Gasteiger partial charge in [-0.1, -0.05) is 40.9 Å². The molecule has 1 aliphatic heterocycles. The maximum atomic E-state index is 9.51. The first-order valence-corrected chi connectivity index (χ1v) is 11.3. The molecule has 13 heteroatoms. The molecule has 2 heterocycles. The van der Waals surface area contributed by atoms with Gasteiger partial charge in [0.25, 0.3) is 0 Å². The van der Waals surface area contributed by atoms with Crippen LogP contribution in [0.15, 0.2) is 35.3 Å². The van der Waals surface area contributed by atoms with Crippen LogP contribution in [-0.2, 0) is 6.61 Å². The molecule has 2 aromatic carbocycles. The van der Waals surface area contributed by atoms with Gasteiger partial charge in [0.2, 0.25) is 5.96 Å². The number of anilines is 3. The fraction of sp³-hybridized carbons (Fsp3) is 0.130. The Morgan fingerprint density at radius 2 is 1.89 bits per heavy atom. The Morgan fingerprint density at radius 3 is 2.56 bits per heavy atom. The van der Waals surface area contributed by atoms with Gasteiger partial charge in [0.15, 0.2) is 17.7 Å². The molecule has 0 bridgehead atoms. The van der Waals surface area contributed by atoms with Gasteiger partial charge in [-0.3, -0.25) is 5.32 Å². The molecule has 36 heavy (non-hydrogen) atoms. The standard InChI is InChI=1S/C23H17Cl3N8O2/c1-35-16-5-12(15(26)6-17(16)36-8-10-2-3-11(24)4-14(10)25)20-18-19(29)13(7-27)21(30)33-22(18)34-23(32-20)31-9-28/h2-6,20H,8H2,1H3,(H6,29,30,31,32,33,34). The third-order valence-corrected chi connectivity index (χ3v) is 6.25. The van der Waals surface area contributed by atoms with Gasteiger partial charge in [0.05, 0.1) is 17.8 Å². The highest BCUT2D eigenvalue weighted by Gasteiger charge is 2.31. The molecule has 1 aromatic heterocycles. The monoisotopic (exact) mass is 542 g/mol. The topological polar surface area (TPSA) is 167 Å². The summed E-state index contributed by atoms with van der Waals surface area (Å²) in [4.78, 5) is 8.75. The van der Waals surface area contributed by atoms with Gasteiger partial charge in [0.1, 0.15) is 35.9 Å². The van der Waals surface area contributed by atoms with Crippen molar-refractivity contribution in [1.82, 2.24) is 10.3 Å². The molecule has 0 fully saturated rings. The Kier molecular flexibility index (Phi) is 7.13. The Hall–Kier alpha value is -4.09. The van der Waals surface area contributed by atoms with E-state index in [1.807, 2.05) is 6.07 Å². The Morgan fingerprint density at radius 1 is 1.11 bits per heavy atom. The number of nitrogen functional groups attached to an aromatic ring is 2. The van der Waals surface area contributed by atoms with Gasteiger partial charge in [-0.2, -0.15) is 10.5 Å². The number of nitrogens with one attached hydrogen (secondary N) is 2. The summed E-state index contributed by atoms with van der Waals surface area (Å²) in [6, 6.07) is 9.40. The van der Waals surface area contributed by atoms with Crippen molar-refractivity contribution in [2.75, 3.05) is 23.9 Å². The fourth-order valence-electron chi connectivity index (χ4n) is 3.63. The summed E-state index contributed by atoms with van der Waals surface area (Å²) >= 11 is 18.9. The van der Waals surface area contributed by atoms with E-state index in [0.717, 1.165) is 0 Å². The Balaban J connectivity index is 1.78. The molecule has 0 amide bonds. The largest absolute Gasteiger partial charge is 0.493 e. The quantitative estimate of drug-likeness (QED) is 0.265. The summed E-state index contributed by atoms with van der Waals surface area (Å²) in [7, 11) is 1.47. The van der Waals surface area contributed by atoms with E-state index >= 15 is 0 Å². The van der Waals surface area contributed by atoms with Crippen LogP contribution in [0.3, 0.4) is 0 Å². The third kappa shape index (κ3) is 4.70. The summed E-state index contributed by atoms with van der Waals surface area (Å²) in [5, 5.41) is 25.1. The van der Waals surface area contributed by atoms with Gasteiger partial charge in [-0.05, 0) is 18.2 Å². The number of nitriles is 2. The number of nitrogens with two attached hydrogens (primary N) is 2. The molecule has 0 aliphatic carbocycles. The molecule has 4 rings (SSSR count). The highest BCUT2D eigenvalue weighted by Crippen LogP contribution is 2.45. The van der Waals surface area contributed by atoms with E-state index in [2.05, 4.69) is 20.6 Å². The Bertz CT molecular complexity index is 1480. The first kappa shape index (κ1) is 25.0. The smallest absolute Gasteiger partial charge is 0.211 e. The molecule has 0 radical (unpaired) electrons. The van der Waals surface area contributed by atoms with Gasteiger partial charge in [-0.15, -0.1) is 0 Å². The molecule has 0 saturated heterocycles. The van der Waals surface area contributed by atoms with E-state index in [9.17, 15) is 5.26 Å². The minimum absolute atomic E-state index is 0.00956. The highest BCUT2D eigenvalue weighted by atomic mass is 35.5. The van der Waals surface area contributed by atoms with Crippen molar-refractivity contribution in [3.8, 4) is 23.8 Å². The van der Waals surface area contributed by atoms with Crippen molar-refractivity contribution in [2.24, 2.45) is 4.99 Å². The maximum Gasteiger partial charge on any atom is 0.211 e. The average Bonchev–Trinajstić information content (AvgIpc) is 2.83. The van der Waals surface area contributed by atoms with Crippen molar-refractivity contribution in [1.29, 1.82) is 10.5 Å². The van der Waals surface area contributed by atoms with Crippen molar-refractivity contribution in [3.05, 3.63) is 67.7 Å². The van der Waals surface area contributed by atoms with Gasteiger partial charge in [-0.25, -0.2) is 9.98 Å². The van der Waals surface area contributed by atoms with E-state index in [1.165, 1.54) is 7.11 Å². The second kappa shape index (κ2) is 10.3. The number of fused-ring (bicyclic) bond motifs is 1. The molecule has 0 saturated carbocycles. The van der Waals surface area contributed by atoms with Crippen LogP contribution < -0.4 is 31.6 Å². The molecule has 182 valence electrons. The summed E-state index contributed by atoms with van der Waals surface area (Å²) in [5.74, 6) is 0.971. The highest BCUT2D eigenvalue weighted by molar-refractivity contribution is 6.35. The third-order valence-electron chi connectivity index (χ3n) is 5.33. The number of hydrogen-bond acceptors (Lipinski definition) is 10. The van der Waals surface area contributed by atoms with E-state index < -0.39 is 6.04 Å². The zero-order valence-corrected chi connectivity index (χ0v) is 20.8. The summed E-state index contributed by atoms with van der Waals surface area (Å²) in [6.07, 6.45) is 1.80. The number of benzene rings is 2. The van der Waals surface area contributed by atoms with Gasteiger partial charge in [0, 0.05) is 32.8 Å². The number of hydrogen-bond donors (Lipinski definition) is 4. The number of methoxy groups -OCH3 is 1. The second-order valence-corrected chi connectivity index (χ2v) is 8.70. The molecule has 1 unspecified atom stereocenters. The van der Waals surface area contributed by atoms with Crippen LogP contribution in [-0.4, -0.2) is 18.1 Å². The van der Waals surface area contributed by atoms with E-state index in [4.69, 9.17) is 61.0 Å². The number of nitrogens with zero attached hydrogens (tertiary/aromatic N) is 4. The molecule has 3 aromatic rings. The van der Waals surface area contributed by atoms with Crippen LogP contribution in [0.1, 0.15) is 28.3 Å². The average molecular weight is 544 g/mol. The van der Waals surface area contributed by atoms with Crippen LogP contribution in [0, 0.1) is 22.8 Å². The number of rotatable bonds is 5. The fourth-order valence-corrected chi connectivity index (χ4v) is 4.35. The maximum absolute atomic E-state index is 9.51. The predicted octanol–water partition coefficient (Wildman–Crippen LogP) is 4.61. The lowest BCUT2D eigenvalue weighted by atomic mass is 9.94. The molecular formula is C23H17Cl3N8O2. The van der Waals surface area contributed by atoms with Crippen molar-refractivity contribution >= 4 is 58.1 Å². The minimum atomic E-state index is -0.849. The second-order valence-electron chi connectivity index (χ2n) is 7.45. The normalized spacial score (nSPS) is 13.9. The lowest BCUT2D eigenvalue weighted by molar-refractivity contribution is 0.284. The van der Waals surface area contributed by atoms with Gasteiger partial charge < -0.3 is 26.3 Å². The van der Waals surface area contributed by atoms with Crippen LogP contribution in [0.4, 0.5) is 17.3 Å². The van der Waals surface area contributed by atoms with Crippen LogP contribution in [0.5, 0.6) is 11.5 Å². The van der Waals surface area contributed by atoms with Crippen LogP contribution in [0.2, 0.25) is 15.1 Å². The van der Waals surface area contributed by atoms with Gasteiger partial charge >= 0.3 is 0 Å². The number of aromatic nitrogens is 1. The zero-order valence-electron chi connectivity index (χ0n) is 18.6. The number of guanidine groups is 1. The molecule has 1 aliphatic rings. The number of pyridine rings is 1. The lowest BCUT2D eigenvalue weighted by Crippen LogP contribution is -2.32. The number of ether oxygens (including phenoxy) is 2.